The first-order chi connectivity index (χ1) is 16.9. The second-order valence-electron chi connectivity index (χ2n) is 9.56. The number of anilines is 2. The smallest absolute Gasteiger partial charge is 0.456 e. The molecule has 1 aliphatic heterocycles. The van der Waals surface area contributed by atoms with Gasteiger partial charge in [-0.15, -0.1) is 5.10 Å². The molecule has 1 N–H and O–H groups in total. The zero-order valence-electron chi connectivity index (χ0n) is 19.4. The monoisotopic (exact) mass is 514 g/mol. The minimum atomic E-state index is -5.72. The number of aryl methyl sites for hydroxylation is 1. The number of hydrogen-bond acceptors (Lipinski definition) is 6. The van der Waals surface area contributed by atoms with Crippen molar-refractivity contribution < 1.29 is 31.1 Å². The number of piperidine rings is 1. The second kappa shape index (κ2) is 8.70. The summed E-state index contributed by atoms with van der Waals surface area (Å²) < 4.78 is 84.7. The van der Waals surface area contributed by atoms with Crippen molar-refractivity contribution in [3.05, 3.63) is 42.1 Å². The predicted molar refractivity (Wildman–Crippen MR) is 119 cm³/mol. The maximum absolute atomic E-state index is 14.5. The van der Waals surface area contributed by atoms with Gasteiger partial charge in [-0.2, -0.15) is 26.9 Å². The summed E-state index contributed by atoms with van der Waals surface area (Å²) in [6, 6.07) is 4.40. The number of alkyl halides is 5. The Morgan fingerprint density at radius 3 is 2.69 bits per heavy atom. The van der Waals surface area contributed by atoms with Crippen LogP contribution in [-0.4, -0.2) is 57.4 Å². The molecule has 0 spiro atoms. The molecule has 2 bridgehead atoms. The second-order valence-corrected chi connectivity index (χ2v) is 9.56. The zero-order chi connectivity index (χ0) is 25.8. The van der Waals surface area contributed by atoms with Crippen LogP contribution >= 0.6 is 0 Å². The van der Waals surface area contributed by atoms with Crippen molar-refractivity contribution in [2.24, 2.45) is 17.8 Å². The van der Waals surface area contributed by atoms with Crippen LogP contribution in [-0.2, 0) is 0 Å². The van der Waals surface area contributed by atoms with Gasteiger partial charge in [0.25, 0.3) is 0 Å². The summed E-state index contributed by atoms with van der Waals surface area (Å²) in [6.07, 6.45) is -2.08. The summed E-state index contributed by atoms with van der Waals surface area (Å²) >= 11 is 0. The molecule has 2 fully saturated rings. The quantitative estimate of drug-likeness (QED) is 0.481. The Morgan fingerprint density at radius 1 is 1.19 bits per heavy atom. The first-order valence-corrected chi connectivity index (χ1v) is 11.5. The maximum atomic E-state index is 14.5. The molecule has 13 heteroatoms. The molecule has 3 aromatic rings. The van der Waals surface area contributed by atoms with Crippen LogP contribution in [0.1, 0.15) is 19.0 Å². The molecule has 2 unspecified atom stereocenters. The van der Waals surface area contributed by atoms with E-state index in [1.54, 1.807) is 6.07 Å². The average Bonchev–Trinajstić information content (AvgIpc) is 3.28. The van der Waals surface area contributed by atoms with Crippen molar-refractivity contribution in [1.82, 2.24) is 19.6 Å². The highest BCUT2D eigenvalue weighted by Crippen LogP contribution is 2.44. The van der Waals surface area contributed by atoms with Crippen LogP contribution in [0, 0.1) is 30.5 Å². The van der Waals surface area contributed by atoms with Gasteiger partial charge in [0.15, 0.2) is 23.8 Å². The molecule has 1 saturated heterocycles. The van der Waals surface area contributed by atoms with Crippen molar-refractivity contribution in [3.8, 4) is 5.75 Å². The van der Waals surface area contributed by atoms with Gasteiger partial charge in [-0.1, -0.05) is 6.92 Å². The van der Waals surface area contributed by atoms with Gasteiger partial charge in [0, 0.05) is 31.0 Å². The van der Waals surface area contributed by atoms with E-state index in [1.807, 2.05) is 11.8 Å². The van der Waals surface area contributed by atoms with Crippen LogP contribution in [0.5, 0.6) is 5.75 Å². The molecule has 0 radical (unpaired) electrons. The van der Waals surface area contributed by atoms with Crippen LogP contribution in [0.15, 0.2) is 30.6 Å². The minimum absolute atomic E-state index is 0.0152. The topological polar surface area (TPSA) is 67.6 Å². The Balaban J connectivity index is 1.33. The lowest BCUT2D eigenvalue weighted by molar-refractivity contribution is -0.289. The van der Waals surface area contributed by atoms with Gasteiger partial charge >= 0.3 is 12.1 Å². The Labute approximate surface area is 202 Å². The lowest BCUT2D eigenvalue weighted by atomic mass is 9.89. The highest BCUT2D eigenvalue weighted by molar-refractivity contribution is 5.56. The van der Waals surface area contributed by atoms with Crippen molar-refractivity contribution in [2.75, 3.05) is 29.9 Å². The largest absolute Gasteiger partial charge is 0.483 e. The van der Waals surface area contributed by atoms with E-state index in [4.69, 9.17) is 4.74 Å². The van der Waals surface area contributed by atoms with E-state index in [0.29, 0.717) is 24.7 Å². The Bertz CT molecular complexity index is 1260. The van der Waals surface area contributed by atoms with Gasteiger partial charge in [-0.25, -0.2) is 8.91 Å². The summed E-state index contributed by atoms with van der Waals surface area (Å²) in [5.74, 6) is -4.73. The lowest BCUT2D eigenvalue weighted by Gasteiger charge is -2.40. The number of nitrogens with zero attached hydrogens (tertiary/aromatic N) is 5. The molecule has 7 nitrogen and oxygen atoms in total. The maximum Gasteiger partial charge on any atom is 0.456 e. The molecule has 4 atom stereocenters. The Kier molecular flexibility index (Phi) is 5.91. The third kappa shape index (κ3) is 4.39. The highest BCUT2D eigenvalue weighted by Gasteiger charge is 2.58. The first-order valence-electron chi connectivity index (χ1n) is 11.5. The van der Waals surface area contributed by atoms with Crippen LogP contribution in [0.4, 0.5) is 38.0 Å². The number of aromatic nitrogens is 4. The minimum Gasteiger partial charge on any atom is -0.483 e. The first kappa shape index (κ1) is 24.4. The Morgan fingerprint density at radius 2 is 1.97 bits per heavy atom. The van der Waals surface area contributed by atoms with Gasteiger partial charge in [0.2, 0.25) is 5.95 Å². The molecule has 3 aromatic heterocycles. The van der Waals surface area contributed by atoms with E-state index in [2.05, 4.69) is 27.3 Å². The number of hydrogen-bond donors (Lipinski definition) is 1. The van der Waals surface area contributed by atoms with Gasteiger partial charge in [-0.3, -0.25) is 4.98 Å². The van der Waals surface area contributed by atoms with Crippen molar-refractivity contribution in [1.29, 1.82) is 0 Å². The SMILES string of the molecule is Cc1cc(N2CC3C(C)C[C@@H](C2)[C@@H]3Nc2nc3c(OCC(F)(F)C(F)(F)F)cccn3n2)c(F)cn1. The van der Waals surface area contributed by atoms with Gasteiger partial charge in [-0.05, 0) is 49.3 Å². The third-order valence-electron chi connectivity index (χ3n) is 7.02. The highest BCUT2D eigenvalue weighted by atomic mass is 19.4. The fourth-order valence-electron chi connectivity index (χ4n) is 5.24. The van der Waals surface area contributed by atoms with Gasteiger partial charge in [0.05, 0.1) is 11.9 Å². The van der Waals surface area contributed by atoms with E-state index in [1.165, 1.54) is 29.0 Å². The van der Waals surface area contributed by atoms with Crippen LogP contribution in [0.25, 0.3) is 5.65 Å². The molecule has 0 aromatic carbocycles. The number of halogens is 6. The van der Waals surface area contributed by atoms with Crippen molar-refractivity contribution >= 4 is 17.3 Å². The summed E-state index contributed by atoms with van der Waals surface area (Å²) in [7, 11) is 0. The van der Waals surface area contributed by atoms with E-state index in [9.17, 15) is 26.3 Å². The molecule has 0 amide bonds. The van der Waals surface area contributed by atoms with E-state index in [0.717, 1.165) is 12.1 Å². The van der Waals surface area contributed by atoms with Crippen LogP contribution < -0.4 is 15.0 Å². The molecule has 5 rings (SSSR count). The molecule has 194 valence electrons. The molecule has 4 heterocycles. The van der Waals surface area contributed by atoms with Gasteiger partial charge in [0.1, 0.15) is 0 Å². The Hall–Kier alpha value is -3.25. The fraction of sp³-hybridized carbons (Fsp3) is 0.522. The summed E-state index contributed by atoms with van der Waals surface area (Å²) in [6.45, 7) is 3.32. The molecular formula is C23H24F6N6O. The zero-order valence-corrected chi connectivity index (χ0v) is 19.4. The summed E-state index contributed by atoms with van der Waals surface area (Å²) in [5.41, 5.74) is 1.27. The number of pyridine rings is 2. The molecular weight excluding hydrogens is 490 g/mol. The third-order valence-corrected chi connectivity index (χ3v) is 7.02. The predicted octanol–water partition coefficient (Wildman–Crippen LogP) is 4.72. The molecule has 1 saturated carbocycles. The van der Waals surface area contributed by atoms with Crippen molar-refractivity contribution in [2.45, 2.75) is 38.4 Å². The van der Waals surface area contributed by atoms with Crippen molar-refractivity contribution in [3.63, 3.8) is 0 Å². The number of rotatable bonds is 6. The molecule has 2 aliphatic rings. The van der Waals surface area contributed by atoms with Gasteiger partial charge < -0.3 is 15.0 Å². The van der Waals surface area contributed by atoms with E-state index >= 15 is 0 Å². The molecule has 36 heavy (non-hydrogen) atoms. The number of nitrogens with one attached hydrogen (secondary N) is 1. The standard InChI is InChI=1S/C23H24F6N6O/c1-12-6-14-9-34(17-7-13(2)30-8-16(17)24)10-15(12)19(14)31-21-32-20-18(4-3-5-35(20)33-21)36-11-22(25,26)23(27,28)29/h3-5,7-8,12,14-15,19H,6,9-11H2,1-2H3,(H,31,33)/t12?,14-,15?,19-/m0/s1. The average molecular weight is 514 g/mol. The van der Waals surface area contributed by atoms with E-state index < -0.39 is 18.7 Å². The normalized spacial score (nSPS) is 24.4. The fourth-order valence-corrected chi connectivity index (χ4v) is 5.24. The number of ether oxygens (including phenoxy) is 1. The summed E-state index contributed by atoms with van der Waals surface area (Å²) in [4.78, 5) is 10.3. The molecule has 1 aliphatic carbocycles. The van der Waals surface area contributed by atoms with Crippen LogP contribution in [0.2, 0.25) is 0 Å². The summed E-state index contributed by atoms with van der Waals surface area (Å²) in [5, 5.41) is 7.63. The lowest BCUT2D eigenvalue weighted by Crippen LogP contribution is -2.49. The van der Waals surface area contributed by atoms with E-state index in [-0.39, 0.29) is 41.0 Å². The number of fused-ring (bicyclic) bond motifs is 3. The van der Waals surface area contributed by atoms with Crippen LogP contribution in [0.3, 0.4) is 0 Å².